The second-order valence-electron chi connectivity index (χ2n) is 2.87. The van der Waals surface area contributed by atoms with Crippen LogP contribution in [0.3, 0.4) is 0 Å². The number of esters is 1. The van der Waals surface area contributed by atoms with Gasteiger partial charge >= 0.3 is 5.97 Å². The summed E-state index contributed by atoms with van der Waals surface area (Å²) in [6, 6.07) is 5.77. The largest absolute Gasteiger partial charge is 0.508 e. The standard InChI is InChI=1S/C9H7N3O3S/c10-8-7(16-12-11-8)9(14)15-6-3-1-5(13)2-4-6/h1-4,13H,10H2. The zero-order valence-corrected chi connectivity index (χ0v) is 8.77. The Balaban J connectivity index is 2.14. The number of rotatable bonds is 2. The molecule has 2 rings (SSSR count). The van der Waals surface area contributed by atoms with Crippen molar-refractivity contribution < 1.29 is 14.6 Å². The van der Waals surface area contributed by atoms with Crippen molar-refractivity contribution in [2.75, 3.05) is 5.73 Å². The molecule has 0 fully saturated rings. The highest BCUT2D eigenvalue weighted by atomic mass is 32.1. The van der Waals surface area contributed by atoms with E-state index in [9.17, 15) is 4.79 Å². The average Bonchev–Trinajstić information content (AvgIpc) is 2.68. The van der Waals surface area contributed by atoms with Gasteiger partial charge in [-0.25, -0.2) is 4.79 Å². The molecule has 3 N–H and O–H groups in total. The lowest BCUT2D eigenvalue weighted by Gasteiger charge is -2.01. The maximum Gasteiger partial charge on any atom is 0.359 e. The molecular formula is C9H7N3O3S. The third-order valence-corrected chi connectivity index (χ3v) is 2.47. The number of ether oxygens (including phenoxy) is 1. The minimum absolute atomic E-state index is 0.0498. The Morgan fingerprint density at radius 3 is 2.62 bits per heavy atom. The molecule has 1 aromatic carbocycles. The summed E-state index contributed by atoms with van der Waals surface area (Å²) in [5.74, 6) is -0.152. The molecule has 0 aliphatic rings. The molecule has 6 nitrogen and oxygen atoms in total. The fraction of sp³-hybridized carbons (Fsp3) is 0. The molecule has 1 aromatic heterocycles. The number of hydrogen-bond acceptors (Lipinski definition) is 7. The maximum atomic E-state index is 11.5. The molecule has 0 radical (unpaired) electrons. The Morgan fingerprint density at radius 2 is 2.06 bits per heavy atom. The molecule has 16 heavy (non-hydrogen) atoms. The lowest BCUT2D eigenvalue weighted by Crippen LogP contribution is -2.08. The summed E-state index contributed by atoms with van der Waals surface area (Å²) in [7, 11) is 0. The number of nitrogen functional groups attached to an aromatic ring is 1. The van der Waals surface area contributed by atoms with Gasteiger partial charge in [0, 0.05) is 0 Å². The number of nitrogens with zero attached hydrogens (tertiary/aromatic N) is 2. The Kier molecular flexibility index (Phi) is 2.69. The van der Waals surface area contributed by atoms with E-state index in [-0.39, 0.29) is 16.4 Å². The van der Waals surface area contributed by atoms with Crippen LogP contribution < -0.4 is 10.5 Å². The topological polar surface area (TPSA) is 98.3 Å². The highest BCUT2D eigenvalue weighted by Gasteiger charge is 2.16. The van der Waals surface area contributed by atoms with Crippen LogP contribution >= 0.6 is 11.5 Å². The highest BCUT2D eigenvalue weighted by Crippen LogP contribution is 2.19. The first-order valence-electron chi connectivity index (χ1n) is 4.26. The number of carbonyl (C=O) groups excluding carboxylic acids is 1. The summed E-state index contributed by atoms with van der Waals surface area (Å²) in [6.45, 7) is 0. The van der Waals surface area contributed by atoms with E-state index in [0.717, 1.165) is 11.5 Å². The SMILES string of the molecule is Nc1nnsc1C(=O)Oc1ccc(O)cc1. The van der Waals surface area contributed by atoms with Crippen LogP contribution in [0.5, 0.6) is 11.5 Å². The van der Waals surface area contributed by atoms with Gasteiger partial charge in [-0.3, -0.25) is 0 Å². The third-order valence-electron chi connectivity index (χ3n) is 1.75. The molecule has 0 aliphatic carbocycles. The molecule has 0 unspecified atom stereocenters. The molecule has 0 aliphatic heterocycles. The van der Waals surface area contributed by atoms with Crippen molar-refractivity contribution in [1.82, 2.24) is 9.59 Å². The molecule has 7 heteroatoms. The van der Waals surface area contributed by atoms with Crippen molar-refractivity contribution in [3.8, 4) is 11.5 Å². The molecular weight excluding hydrogens is 230 g/mol. The smallest absolute Gasteiger partial charge is 0.359 e. The van der Waals surface area contributed by atoms with Crippen LogP contribution in [0.1, 0.15) is 9.67 Å². The lowest BCUT2D eigenvalue weighted by molar-refractivity contribution is 0.0740. The number of anilines is 1. The highest BCUT2D eigenvalue weighted by molar-refractivity contribution is 7.08. The van der Waals surface area contributed by atoms with Crippen molar-refractivity contribution >= 4 is 23.3 Å². The number of nitrogens with two attached hydrogens (primary N) is 1. The van der Waals surface area contributed by atoms with Gasteiger partial charge in [-0.05, 0) is 35.8 Å². The van der Waals surface area contributed by atoms with E-state index in [4.69, 9.17) is 15.6 Å². The van der Waals surface area contributed by atoms with Crippen molar-refractivity contribution in [3.63, 3.8) is 0 Å². The van der Waals surface area contributed by atoms with E-state index in [2.05, 4.69) is 9.59 Å². The van der Waals surface area contributed by atoms with E-state index in [1.165, 1.54) is 24.3 Å². The molecule has 0 atom stereocenters. The van der Waals surface area contributed by atoms with Gasteiger partial charge in [-0.1, -0.05) is 4.49 Å². The summed E-state index contributed by atoms with van der Waals surface area (Å²) in [6.07, 6.45) is 0. The second-order valence-corrected chi connectivity index (χ2v) is 3.62. The van der Waals surface area contributed by atoms with Crippen molar-refractivity contribution in [2.24, 2.45) is 0 Å². The van der Waals surface area contributed by atoms with Gasteiger partial charge in [-0.2, -0.15) is 0 Å². The van der Waals surface area contributed by atoms with Gasteiger partial charge in [-0.15, -0.1) is 5.10 Å². The van der Waals surface area contributed by atoms with Crippen LogP contribution in [0, 0.1) is 0 Å². The van der Waals surface area contributed by atoms with Crippen molar-refractivity contribution in [1.29, 1.82) is 0 Å². The molecule has 0 bridgehead atoms. The number of carbonyl (C=O) groups is 1. The fourth-order valence-electron chi connectivity index (χ4n) is 1.01. The quantitative estimate of drug-likeness (QED) is 0.598. The van der Waals surface area contributed by atoms with Gasteiger partial charge in [0.15, 0.2) is 10.7 Å². The van der Waals surface area contributed by atoms with Crippen molar-refractivity contribution in [3.05, 3.63) is 29.1 Å². The number of benzene rings is 1. The second kappa shape index (κ2) is 4.15. The number of hydrogen-bond donors (Lipinski definition) is 2. The van der Waals surface area contributed by atoms with E-state index < -0.39 is 5.97 Å². The van der Waals surface area contributed by atoms with Crippen LogP contribution in [0.4, 0.5) is 5.82 Å². The molecule has 0 saturated carbocycles. The molecule has 82 valence electrons. The summed E-state index contributed by atoms with van der Waals surface area (Å²) in [5, 5.41) is 12.5. The van der Waals surface area contributed by atoms with Gasteiger partial charge in [0.1, 0.15) is 11.5 Å². The summed E-state index contributed by atoms with van der Waals surface area (Å²) >= 11 is 0.870. The van der Waals surface area contributed by atoms with E-state index in [0.29, 0.717) is 5.75 Å². The molecule has 0 amide bonds. The van der Waals surface area contributed by atoms with Crippen LogP contribution in [-0.4, -0.2) is 20.7 Å². The average molecular weight is 237 g/mol. The number of aromatic nitrogens is 2. The normalized spacial score (nSPS) is 10.0. The monoisotopic (exact) mass is 237 g/mol. The predicted octanol–water partition coefficient (Wildman–Crippen LogP) is 1.05. The Hall–Kier alpha value is -2.15. The van der Waals surface area contributed by atoms with Crippen LogP contribution in [0.15, 0.2) is 24.3 Å². The first kappa shape index (κ1) is 10.4. The molecule has 2 aromatic rings. The number of phenolic OH excluding ortho intramolecular Hbond substituents is 1. The van der Waals surface area contributed by atoms with Gasteiger partial charge in [0.2, 0.25) is 0 Å². The Morgan fingerprint density at radius 1 is 1.38 bits per heavy atom. The summed E-state index contributed by atoms with van der Waals surface area (Å²) in [5.41, 5.74) is 5.42. The fourth-order valence-corrected chi connectivity index (χ4v) is 1.47. The van der Waals surface area contributed by atoms with Gasteiger partial charge < -0.3 is 15.6 Å². The van der Waals surface area contributed by atoms with Crippen molar-refractivity contribution in [2.45, 2.75) is 0 Å². The Bertz CT molecular complexity index is 509. The number of phenols is 1. The summed E-state index contributed by atoms with van der Waals surface area (Å²) < 4.78 is 8.52. The van der Waals surface area contributed by atoms with Gasteiger partial charge in [0.05, 0.1) is 0 Å². The zero-order chi connectivity index (χ0) is 11.5. The minimum Gasteiger partial charge on any atom is -0.508 e. The van der Waals surface area contributed by atoms with Crippen LogP contribution in [0.25, 0.3) is 0 Å². The minimum atomic E-state index is -0.613. The first-order chi connectivity index (χ1) is 7.66. The molecule has 1 heterocycles. The zero-order valence-electron chi connectivity index (χ0n) is 7.95. The van der Waals surface area contributed by atoms with Crippen LogP contribution in [0.2, 0.25) is 0 Å². The Labute approximate surface area is 94.5 Å². The van der Waals surface area contributed by atoms with Crippen LogP contribution in [-0.2, 0) is 0 Å². The van der Waals surface area contributed by atoms with E-state index in [1.807, 2.05) is 0 Å². The third kappa shape index (κ3) is 2.09. The van der Waals surface area contributed by atoms with E-state index in [1.54, 1.807) is 0 Å². The van der Waals surface area contributed by atoms with Gasteiger partial charge in [0.25, 0.3) is 0 Å². The van der Waals surface area contributed by atoms with E-state index >= 15 is 0 Å². The predicted molar refractivity (Wildman–Crippen MR) is 57.4 cm³/mol. The number of aromatic hydroxyl groups is 1. The molecule has 0 saturated heterocycles. The summed E-state index contributed by atoms with van der Waals surface area (Å²) in [4.78, 5) is 11.7. The molecule has 0 spiro atoms. The lowest BCUT2D eigenvalue weighted by atomic mass is 10.3. The first-order valence-corrected chi connectivity index (χ1v) is 5.03. The maximum absolute atomic E-state index is 11.5.